The lowest BCUT2D eigenvalue weighted by Gasteiger charge is -2.13. The summed E-state index contributed by atoms with van der Waals surface area (Å²) >= 11 is 0. The normalized spacial score (nSPS) is 19.1. The molecule has 0 aromatic rings. The molecule has 0 radical (unpaired) electrons. The van der Waals surface area contributed by atoms with E-state index in [1.54, 1.807) is 19.1 Å². The Labute approximate surface area is 65.8 Å². The standard InChI is InChI=1S/C7H11N3O/c1-10(2)9-6(11)7(5-8)3-4-7/h3-4H2,1-2H3,(H,9,11). The molecule has 0 aromatic heterocycles. The second-order valence-electron chi connectivity index (χ2n) is 3.03. The van der Waals surface area contributed by atoms with Crippen molar-refractivity contribution in [2.45, 2.75) is 12.8 Å². The highest BCUT2D eigenvalue weighted by Crippen LogP contribution is 2.44. The van der Waals surface area contributed by atoms with Crippen LogP contribution in [-0.4, -0.2) is 25.0 Å². The quantitative estimate of drug-likeness (QED) is 0.563. The van der Waals surface area contributed by atoms with Crippen molar-refractivity contribution in [3.05, 3.63) is 0 Å². The van der Waals surface area contributed by atoms with Crippen molar-refractivity contribution in [3.63, 3.8) is 0 Å². The minimum absolute atomic E-state index is 0.176. The predicted molar refractivity (Wildman–Crippen MR) is 39.1 cm³/mol. The van der Waals surface area contributed by atoms with Gasteiger partial charge in [0.2, 0.25) is 0 Å². The Hall–Kier alpha value is -1.08. The van der Waals surface area contributed by atoms with E-state index in [4.69, 9.17) is 5.26 Å². The van der Waals surface area contributed by atoms with Crippen LogP contribution in [0.4, 0.5) is 0 Å². The Morgan fingerprint density at radius 1 is 1.64 bits per heavy atom. The number of rotatable bonds is 2. The van der Waals surface area contributed by atoms with Crippen molar-refractivity contribution in [2.24, 2.45) is 5.41 Å². The Kier molecular flexibility index (Phi) is 1.83. The van der Waals surface area contributed by atoms with Crippen LogP contribution in [-0.2, 0) is 4.79 Å². The molecule has 0 atom stereocenters. The number of nitrogens with one attached hydrogen (secondary N) is 1. The molecule has 1 aliphatic rings. The average molecular weight is 153 g/mol. The summed E-state index contributed by atoms with van der Waals surface area (Å²) in [6.07, 6.45) is 1.40. The summed E-state index contributed by atoms with van der Waals surface area (Å²) in [6, 6.07) is 2.02. The van der Waals surface area contributed by atoms with Crippen LogP contribution in [0.3, 0.4) is 0 Å². The monoisotopic (exact) mass is 153 g/mol. The first-order chi connectivity index (χ1) is 5.10. The molecule has 4 heteroatoms. The molecule has 0 unspecified atom stereocenters. The Balaban J connectivity index is 2.50. The van der Waals surface area contributed by atoms with E-state index in [1.165, 1.54) is 0 Å². The van der Waals surface area contributed by atoms with Crippen LogP contribution in [0.5, 0.6) is 0 Å². The molecule has 0 spiro atoms. The zero-order valence-electron chi connectivity index (χ0n) is 6.72. The van der Waals surface area contributed by atoms with Gasteiger partial charge in [-0.25, -0.2) is 5.01 Å². The third-order valence-electron chi connectivity index (χ3n) is 1.72. The summed E-state index contributed by atoms with van der Waals surface area (Å²) in [4.78, 5) is 11.2. The molecule has 4 nitrogen and oxygen atoms in total. The van der Waals surface area contributed by atoms with Gasteiger partial charge in [-0.1, -0.05) is 0 Å². The molecule has 0 saturated heterocycles. The Bertz CT molecular complexity index is 212. The highest BCUT2D eigenvalue weighted by Gasteiger charge is 2.50. The molecule has 1 saturated carbocycles. The van der Waals surface area contributed by atoms with E-state index in [0.717, 1.165) is 0 Å². The van der Waals surface area contributed by atoms with Gasteiger partial charge in [0, 0.05) is 14.1 Å². The lowest BCUT2D eigenvalue weighted by Crippen LogP contribution is -2.40. The number of hydrazine groups is 1. The summed E-state index contributed by atoms with van der Waals surface area (Å²) in [5, 5.41) is 10.2. The molecule has 0 heterocycles. The maximum absolute atomic E-state index is 11.2. The minimum Gasteiger partial charge on any atom is -0.288 e. The second-order valence-corrected chi connectivity index (χ2v) is 3.03. The third-order valence-corrected chi connectivity index (χ3v) is 1.72. The molecule has 1 amide bonds. The average Bonchev–Trinajstić information content (AvgIpc) is 2.65. The molecular weight excluding hydrogens is 142 g/mol. The van der Waals surface area contributed by atoms with Gasteiger partial charge in [-0.3, -0.25) is 10.2 Å². The highest BCUT2D eigenvalue weighted by atomic mass is 16.2. The largest absolute Gasteiger partial charge is 0.288 e. The number of carbonyl (C=O) groups excluding carboxylic acids is 1. The van der Waals surface area contributed by atoms with Crippen molar-refractivity contribution < 1.29 is 4.79 Å². The Morgan fingerprint density at radius 2 is 2.18 bits per heavy atom. The smallest absolute Gasteiger partial charge is 0.254 e. The van der Waals surface area contributed by atoms with Gasteiger partial charge >= 0.3 is 0 Å². The summed E-state index contributed by atoms with van der Waals surface area (Å²) in [7, 11) is 3.46. The second kappa shape index (κ2) is 2.51. The van der Waals surface area contributed by atoms with E-state index in [9.17, 15) is 4.79 Å². The summed E-state index contributed by atoms with van der Waals surface area (Å²) in [5.74, 6) is -0.176. The van der Waals surface area contributed by atoms with Crippen LogP contribution < -0.4 is 5.43 Å². The highest BCUT2D eigenvalue weighted by molar-refractivity contribution is 5.87. The first-order valence-electron chi connectivity index (χ1n) is 3.50. The lowest BCUT2D eigenvalue weighted by molar-refractivity contribution is -0.128. The van der Waals surface area contributed by atoms with E-state index >= 15 is 0 Å². The number of nitriles is 1. The van der Waals surface area contributed by atoms with Crippen molar-refractivity contribution in [1.29, 1.82) is 5.26 Å². The molecule has 1 N–H and O–H groups in total. The fourth-order valence-corrected chi connectivity index (χ4v) is 0.825. The van der Waals surface area contributed by atoms with Crippen molar-refractivity contribution in [3.8, 4) is 6.07 Å². The molecule has 0 aromatic carbocycles. The first-order valence-corrected chi connectivity index (χ1v) is 3.50. The number of amides is 1. The van der Waals surface area contributed by atoms with E-state index in [2.05, 4.69) is 5.43 Å². The zero-order valence-corrected chi connectivity index (χ0v) is 6.72. The summed E-state index contributed by atoms with van der Waals surface area (Å²) in [6.45, 7) is 0. The van der Waals surface area contributed by atoms with Gasteiger partial charge in [-0.15, -0.1) is 0 Å². The van der Waals surface area contributed by atoms with Crippen LogP contribution in [0.2, 0.25) is 0 Å². The van der Waals surface area contributed by atoms with Gasteiger partial charge in [-0.2, -0.15) is 5.26 Å². The maximum atomic E-state index is 11.2. The predicted octanol–water partition coefficient (Wildman–Crippen LogP) is -0.117. The van der Waals surface area contributed by atoms with Crippen molar-refractivity contribution in [1.82, 2.24) is 10.4 Å². The number of hydrogen-bond acceptors (Lipinski definition) is 3. The molecule has 1 aliphatic carbocycles. The maximum Gasteiger partial charge on any atom is 0.254 e. The van der Waals surface area contributed by atoms with Crippen LogP contribution >= 0.6 is 0 Å². The molecule has 1 fully saturated rings. The van der Waals surface area contributed by atoms with Crippen LogP contribution in [0, 0.1) is 16.7 Å². The molecular formula is C7H11N3O. The van der Waals surface area contributed by atoms with Crippen LogP contribution in [0.1, 0.15) is 12.8 Å². The topological polar surface area (TPSA) is 56.1 Å². The van der Waals surface area contributed by atoms with Gasteiger partial charge in [0.05, 0.1) is 6.07 Å². The van der Waals surface area contributed by atoms with E-state index in [0.29, 0.717) is 12.8 Å². The molecule has 1 rings (SSSR count). The van der Waals surface area contributed by atoms with E-state index in [-0.39, 0.29) is 5.91 Å². The summed E-state index contributed by atoms with van der Waals surface area (Å²) in [5.41, 5.74) is 1.86. The van der Waals surface area contributed by atoms with Gasteiger partial charge in [-0.05, 0) is 12.8 Å². The number of hydrogen-bond donors (Lipinski definition) is 1. The zero-order chi connectivity index (χ0) is 8.48. The fraction of sp³-hybridized carbons (Fsp3) is 0.714. The SMILES string of the molecule is CN(C)NC(=O)C1(C#N)CC1. The van der Waals surface area contributed by atoms with Gasteiger partial charge < -0.3 is 0 Å². The van der Waals surface area contributed by atoms with Crippen molar-refractivity contribution >= 4 is 5.91 Å². The molecule has 0 aliphatic heterocycles. The summed E-state index contributed by atoms with van der Waals surface area (Å²) < 4.78 is 0. The number of nitrogens with zero attached hydrogens (tertiary/aromatic N) is 2. The lowest BCUT2D eigenvalue weighted by atomic mass is 10.1. The Morgan fingerprint density at radius 3 is 2.45 bits per heavy atom. The van der Waals surface area contributed by atoms with Crippen LogP contribution in [0.25, 0.3) is 0 Å². The van der Waals surface area contributed by atoms with Gasteiger partial charge in [0.25, 0.3) is 5.91 Å². The molecule has 0 bridgehead atoms. The van der Waals surface area contributed by atoms with Gasteiger partial charge in [0.1, 0.15) is 5.41 Å². The van der Waals surface area contributed by atoms with E-state index < -0.39 is 5.41 Å². The third kappa shape index (κ3) is 1.49. The molecule has 60 valence electrons. The fourth-order valence-electron chi connectivity index (χ4n) is 0.825. The first kappa shape index (κ1) is 8.02. The number of carbonyl (C=O) groups is 1. The van der Waals surface area contributed by atoms with Gasteiger partial charge in [0.15, 0.2) is 0 Å². The van der Waals surface area contributed by atoms with Crippen molar-refractivity contribution in [2.75, 3.05) is 14.1 Å². The van der Waals surface area contributed by atoms with Crippen LogP contribution in [0.15, 0.2) is 0 Å². The van der Waals surface area contributed by atoms with E-state index in [1.807, 2.05) is 6.07 Å². The molecule has 11 heavy (non-hydrogen) atoms. The minimum atomic E-state index is -0.704.